The van der Waals surface area contributed by atoms with Gasteiger partial charge in [-0.25, -0.2) is 19.6 Å². The third kappa shape index (κ3) is 8.81. The quantitative estimate of drug-likeness (QED) is 0.0958. The van der Waals surface area contributed by atoms with Crippen LogP contribution in [0.15, 0.2) is 122 Å². The third-order valence-corrected chi connectivity index (χ3v) is 11.1. The fraction of sp³-hybridized carbons (Fsp3) is 0.261. The number of methoxy groups -OCH3 is 2. The highest BCUT2D eigenvalue weighted by atomic mass is 16.5. The van der Waals surface area contributed by atoms with Crippen molar-refractivity contribution in [1.29, 1.82) is 0 Å². The highest BCUT2D eigenvalue weighted by molar-refractivity contribution is 5.88. The van der Waals surface area contributed by atoms with E-state index in [1.807, 2.05) is 84.9 Å². The van der Waals surface area contributed by atoms with Crippen LogP contribution in [-0.2, 0) is 19.1 Å². The molecule has 15 heteroatoms. The summed E-state index contributed by atoms with van der Waals surface area (Å²) in [6.45, 7) is 1.03. The molecule has 2 saturated heterocycles. The lowest BCUT2D eigenvalue weighted by molar-refractivity contribution is -0.135. The number of ether oxygens (including phenoxy) is 3. The number of carbonyl (C=O) groups is 4. The van der Waals surface area contributed by atoms with Gasteiger partial charge in [0.05, 0.1) is 50.1 Å². The molecule has 0 spiro atoms. The van der Waals surface area contributed by atoms with Gasteiger partial charge < -0.3 is 44.6 Å². The maximum Gasteiger partial charge on any atom is 0.407 e. The highest BCUT2D eigenvalue weighted by Crippen LogP contribution is 2.38. The fourth-order valence-electron chi connectivity index (χ4n) is 8.11. The first-order valence-electron chi connectivity index (χ1n) is 20.2. The number of aromatic amines is 2. The molecule has 0 saturated carbocycles. The Labute approximate surface area is 352 Å². The van der Waals surface area contributed by atoms with Gasteiger partial charge in [0, 0.05) is 24.2 Å². The Kier molecular flexibility index (Phi) is 12.1. The molecule has 0 bridgehead atoms. The minimum Gasteiger partial charge on any atom is -0.457 e. The van der Waals surface area contributed by atoms with E-state index in [1.165, 1.54) is 14.2 Å². The normalized spacial score (nSPS) is 17.0. The van der Waals surface area contributed by atoms with Crippen LogP contribution in [0.5, 0.6) is 11.5 Å². The Hall–Kier alpha value is -7.42. The summed E-state index contributed by atoms with van der Waals surface area (Å²) >= 11 is 0. The van der Waals surface area contributed by atoms with E-state index in [4.69, 9.17) is 24.2 Å². The van der Waals surface area contributed by atoms with E-state index in [0.29, 0.717) is 60.2 Å². The number of nitrogens with one attached hydrogen (secondary N) is 4. The van der Waals surface area contributed by atoms with Crippen molar-refractivity contribution in [1.82, 2.24) is 40.4 Å². The second-order valence-electron chi connectivity index (χ2n) is 14.8. The molecule has 2 fully saturated rings. The van der Waals surface area contributed by atoms with Crippen molar-refractivity contribution in [2.75, 3.05) is 27.3 Å². The van der Waals surface area contributed by atoms with E-state index in [2.05, 4.69) is 20.6 Å². The molecule has 0 radical (unpaired) electrons. The van der Waals surface area contributed by atoms with Gasteiger partial charge in [-0.05, 0) is 61.1 Å². The summed E-state index contributed by atoms with van der Waals surface area (Å²) in [5.74, 6) is 1.99. The minimum absolute atomic E-state index is 0.241. The lowest BCUT2D eigenvalue weighted by Crippen LogP contribution is -2.42. The molecule has 61 heavy (non-hydrogen) atoms. The number of hydrogen-bond donors (Lipinski definition) is 4. The smallest absolute Gasteiger partial charge is 0.407 e. The number of benzene rings is 4. The van der Waals surface area contributed by atoms with Crippen LogP contribution in [0.2, 0.25) is 0 Å². The van der Waals surface area contributed by atoms with Crippen LogP contribution in [0.3, 0.4) is 0 Å². The summed E-state index contributed by atoms with van der Waals surface area (Å²) in [7, 11) is 2.54. The van der Waals surface area contributed by atoms with E-state index < -0.39 is 24.3 Å². The summed E-state index contributed by atoms with van der Waals surface area (Å²) in [5.41, 5.74) is 4.41. The second kappa shape index (κ2) is 18.2. The summed E-state index contributed by atoms with van der Waals surface area (Å²) in [5, 5.41) is 5.42. The summed E-state index contributed by atoms with van der Waals surface area (Å²) in [4.78, 5) is 72.4. The Morgan fingerprint density at radius 3 is 1.70 bits per heavy atom. The maximum atomic E-state index is 14.0. The number of hydrogen-bond acceptors (Lipinski definition) is 9. The van der Waals surface area contributed by atoms with Crippen molar-refractivity contribution in [3.05, 3.63) is 144 Å². The van der Waals surface area contributed by atoms with Gasteiger partial charge in [-0.1, -0.05) is 84.9 Å². The predicted molar refractivity (Wildman–Crippen MR) is 225 cm³/mol. The van der Waals surface area contributed by atoms with Gasteiger partial charge in [0.2, 0.25) is 0 Å². The molecule has 0 aliphatic carbocycles. The first kappa shape index (κ1) is 40.4. The van der Waals surface area contributed by atoms with Crippen molar-refractivity contribution in [3.63, 3.8) is 0 Å². The van der Waals surface area contributed by atoms with Crippen LogP contribution in [0.1, 0.15) is 72.6 Å². The van der Waals surface area contributed by atoms with Gasteiger partial charge >= 0.3 is 12.2 Å². The molecule has 4 amide bonds. The number of rotatable bonds is 12. The Morgan fingerprint density at radius 2 is 1.15 bits per heavy atom. The zero-order chi connectivity index (χ0) is 42.3. The van der Waals surface area contributed by atoms with Crippen LogP contribution in [0.25, 0.3) is 22.5 Å². The summed E-state index contributed by atoms with van der Waals surface area (Å²) in [6.07, 6.45) is 5.09. The van der Waals surface area contributed by atoms with Crippen molar-refractivity contribution in [3.8, 4) is 34.0 Å². The van der Waals surface area contributed by atoms with Gasteiger partial charge in [-0.3, -0.25) is 9.59 Å². The van der Waals surface area contributed by atoms with E-state index >= 15 is 0 Å². The average molecular weight is 823 g/mol. The zero-order valence-electron chi connectivity index (χ0n) is 33.7. The number of nitrogens with zero attached hydrogens (tertiary/aromatic N) is 4. The minimum atomic E-state index is -0.918. The first-order valence-corrected chi connectivity index (χ1v) is 20.2. The van der Waals surface area contributed by atoms with Gasteiger partial charge in [-0.2, -0.15) is 0 Å². The van der Waals surface area contributed by atoms with Crippen molar-refractivity contribution in [2.24, 2.45) is 0 Å². The maximum absolute atomic E-state index is 14.0. The monoisotopic (exact) mass is 822 g/mol. The number of amides is 4. The van der Waals surface area contributed by atoms with Gasteiger partial charge in [0.1, 0.15) is 35.2 Å². The number of imidazole rings is 2. The predicted octanol–water partition coefficient (Wildman–Crippen LogP) is 7.78. The molecule has 2 aromatic heterocycles. The van der Waals surface area contributed by atoms with E-state index in [-0.39, 0.29) is 23.9 Å². The third-order valence-electron chi connectivity index (χ3n) is 11.1. The summed E-state index contributed by atoms with van der Waals surface area (Å²) in [6, 6.07) is 31.1. The Bertz CT molecular complexity index is 2490. The number of aromatic nitrogens is 4. The second-order valence-corrected chi connectivity index (χ2v) is 14.8. The molecule has 312 valence electrons. The van der Waals surface area contributed by atoms with Crippen LogP contribution < -0.4 is 15.4 Å². The molecule has 4 aromatic carbocycles. The fourth-order valence-corrected chi connectivity index (χ4v) is 8.11. The number of H-pyrrole nitrogens is 2. The molecule has 15 nitrogen and oxygen atoms in total. The molecular weight excluding hydrogens is 777 g/mol. The molecular formula is C46H46N8O7. The standard InChI is InChI=1S/C46H46N8O7/c1-59-45(57)51-39(29-14-5-3-6-15-29)43(55)53-24-12-21-36(53)41-47-27-34(49-41)31-18-11-19-32(26-31)61-38-23-10-9-20-33(38)35-28-48-42(50-35)37-22-13-25-54(37)44(56)40(52-46(58)60-2)30-16-7-4-8-17-30/h3-11,14-20,23,26-28,36-37,39-40H,12-13,21-22,24-25H2,1-2H3,(H,47,49)(H,48,50)(H,51,57)(H,52,58)/t36-,37+,39+,40-/m1/s1. The lowest BCUT2D eigenvalue weighted by Gasteiger charge is -2.28. The largest absolute Gasteiger partial charge is 0.457 e. The lowest BCUT2D eigenvalue weighted by atomic mass is 10.1. The topological polar surface area (TPSA) is 184 Å². The van der Waals surface area contributed by atoms with Crippen LogP contribution >= 0.6 is 0 Å². The molecule has 2 aliphatic rings. The number of likely N-dealkylation sites (tertiary alicyclic amines) is 2. The van der Waals surface area contributed by atoms with Crippen LogP contribution in [-0.4, -0.2) is 81.0 Å². The molecule has 8 rings (SSSR count). The van der Waals surface area contributed by atoms with Gasteiger partial charge in [0.15, 0.2) is 0 Å². The zero-order valence-corrected chi connectivity index (χ0v) is 33.7. The van der Waals surface area contributed by atoms with Crippen molar-refractivity contribution in [2.45, 2.75) is 49.9 Å². The molecule has 2 aliphatic heterocycles. The number of alkyl carbamates (subject to hydrolysis) is 2. The van der Waals surface area contributed by atoms with E-state index in [0.717, 1.165) is 35.4 Å². The highest BCUT2D eigenvalue weighted by Gasteiger charge is 2.38. The number of para-hydroxylation sites is 1. The SMILES string of the molecule is COC(=O)N[C@H](C(=O)N1CCC[C@@H]1c1ncc(-c2cccc(Oc3ccccc3-c3cnc([C@@H]4CCCN4C(=O)[C@H](NC(=O)OC)c4ccccc4)[nH]3)c2)[nH]1)c1ccccc1. The van der Waals surface area contributed by atoms with Gasteiger partial charge in [0.25, 0.3) is 11.8 Å². The number of carbonyl (C=O) groups excluding carboxylic acids is 4. The molecule has 4 N–H and O–H groups in total. The Balaban J connectivity index is 0.981. The molecule has 4 atom stereocenters. The van der Waals surface area contributed by atoms with E-state index in [1.54, 1.807) is 46.5 Å². The van der Waals surface area contributed by atoms with Crippen molar-refractivity contribution < 1.29 is 33.4 Å². The molecule has 0 unspecified atom stereocenters. The van der Waals surface area contributed by atoms with Crippen LogP contribution in [0.4, 0.5) is 9.59 Å². The molecule has 6 aromatic rings. The van der Waals surface area contributed by atoms with E-state index in [9.17, 15) is 19.2 Å². The van der Waals surface area contributed by atoms with Gasteiger partial charge in [-0.15, -0.1) is 0 Å². The average Bonchev–Trinajstić information content (AvgIpc) is 4.15. The summed E-state index contributed by atoms with van der Waals surface area (Å²) < 4.78 is 16.2. The van der Waals surface area contributed by atoms with Crippen LogP contribution in [0, 0.1) is 0 Å². The van der Waals surface area contributed by atoms with Crippen molar-refractivity contribution >= 4 is 24.0 Å². The molecule has 4 heterocycles. The Morgan fingerprint density at radius 1 is 0.639 bits per heavy atom. The first-order chi connectivity index (χ1) is 29.8.